The Morgan fingerprint density at radius 3 is 2.29 bits per heavy atom. The molecule has 0 bridgehead atoms. The maximum absolute atomic E-state index is 11.8. The van der Waals surface area contributed by atoms with Crippen LogP contribution < -0.4 is 0 Å². The molecule has 0 aromatic heterocycles. The molecule has 0 atom stereocenters. The Bertz CT molecular complexity index is 101. The molecule has 0 saturated heterocycles. The Hall–Kier alpha value is -0.790. The summed E-state index contributed by atoms with van der Waals surface area (Å²) in [7, 11) is 0. The molecule has 0 aliphatic rings. The summed E-state index contributed by atoms with van der Waals surface area (Å²) in [4.78, 5) is 0. The highest BCUT2D eigenvalue weighted by Crippen LogP contribution is 2.00. The van der Waals surface area contributed by atoms with Gasteiger partial charge in [0.2, 0.25) is 0 Å². The van der Waals surface area contributed by atoms with E-state index >= 15 is 0 Å². The summed E-state index contributed by atoms with van der Waals surface area (Å²) in [5.74, 6) is -0.991. The average Bonchev–Trinajstić information content (AvgIpc) is 1.65. The van der Waals surface area contributed by atoms with E-state index in [2.05, 4.69) is 6.58 Å². The zero-order chi connectivity index (χ0) is 5.86. The van der Waals surface area contributed by atoms with Crippen LogP contribution in [0.25, 0.3) is 0 Å². The predicted octanol–water partition coefficient (Wildman–Crippen LogP) is 1.93. The third kappa shape index (κ3) is 1.98. The Morgan fingerprint density at radius 2 is 2.29 bits per heavy atom. The van der Waals surface area contributed by atoms with Crippen LogP contribution in [0.3, 0.4) is 0 Å². The molecule has 1 nitrogen and oxygen atoms in total. The average molecular weight is 102 g/mol. The quantitative estimate of drug-likeness (QED) is 0.396. The van der Waals surface area contributed by atoms with Crippen LogP contribution in [0, 0.1) is 0 Å². The summed E-state index contributed by atoms with van der Waals surface area (Å²) in [5.41, 5.74) is 0. The number of hydrogen-bond donors (Lipinski definition) is 1. The van der Waals surface area contributed by atoms with E-state index in [0.29, 0.717) is 0 Å². The molecule has 0 aliphatic heterocycles. The number of halogens is 1. The fourth-order valence-corrected chi connectivity index (χ4v) is 0.148. The van der Waals surface area contributed by atoms with E-state index < -0.39 is 5.83 Å². The number of hydrogen-bond acceptors (Lipinski definition) is 1. The number of aliphatic hydroxyl groups is 1. The molecule has 0 fully saturated rings. The zero-order valence-electron chi connectivity index (χ0n) is 4.11. The lowest BCUT2D eigenvalue weighted by Crippen LogP contribution is -1.72. The molecule has 7 heavy (non-hydrogen) atoms. The lowest BCUT2D eigenvalue weighted by Gasteiger charge is -1.84. The van der Waals surface area contributed by atoms with Crippen molar-refractivity contribution in [2.24, 2.45) is 0 Å². The number of rotatable bonds is 1. The highest BCUT2D eigenvalue weighted by atomic mass is 19.1. The maximum Gasteiger partial charge on any atom is 0.159 e. The van der Waals surface area contributed by atoms with E-state index in [4.69, 9.17) is 5.11 Å². The fraction of sp³-hybridized carbons (Fsp3) is 0.200. The van der Waals surface area contributed by atoms with E-state index in [9.17, 15) is 4.39 Å². The Balaban J connectivity index is 3.98. The van der Waals surface area contributed by atoms with Crippen molar-refractivity contribution in [2.75, 3.05) is 0 Å². The second-order valence-corrected chi connectivity index (χ2v) is 1.14. The second kappa shape index (κ2) is 2.39. The SMILES string of the molecule is C=C/C(F)=C(\C)O. The molecule has 0 aliphatic carbocycles. The standard InChI is InChI=1S/C5H7FO/c1-3-5(6)4(2)7/h3,7H,1H2,2H3/b5-4-. The molecule has 0 aromatic carbocycles. The molecule has 0 radical (unpaired) electrons. The first-order valence-electron chi connectivity index (χ1n) is 1.86. The van der Waals surface area contributed by atoms with Crippen LogP contribution in [0.5, 0.6) is 0 Å². The van der Waals surface area contributed by atoms with Gasteiger partial charge < -0.3 is 5.11 Å². The van der Waals surface area contributed by atoms with E-state index in [1.807, 2.05) is 0 Å². The van der Waals surface area contributed by atoms with Gasteiger partial charge in [0.1, 0.15) is 5.76 Å². The van der Waals surface area contributed by atoms with Crippen LogP contribution in [0.2, 0.25) is 0 Å². The van der Waals surface area contributed by atoms with Gasteiger partial charge in [0.25, 0.3) is 0 Å². The molecular formula is C5H7FO. The topological polar surface area (TPSA) is 20.2 Å². The minimum Gasteiger partial charge on any atom is -0.510 e. The van der Waals surface area contributed by atoms with E-state index in [-0.39, 0.29) is 5.76 Å². The summed E-state index contributed by atoms with van der Waals surface area (Å²) in [6.45, 7) is 4.35. The molecule has 0 saturated carbocycles. The van der Waals surface area contributed by atoms with Gasteiger partial charge >= 0.3 is 0 Å². The fourth-order valence-electron chi connectivity index (χ4n) is 0.148. The summed E-state index contributed by atoms with van der Waals surface area (Å²) in [6, 6.07) is 0. The molecule has 2 heteroatoms. The summed E-state index contributed by atoms with van der Waals surface area (Å²) in [6.07, 6.45) is 0.954. The monoisotopic (exact) mass is 102 g/mol. The van der Waals surface area contributed by atoms with Gasteiger partial charge in [0.15, 0.2) is 5.83 Å². The molecular weight excluding hydrogens is 95.1 g/mol. The highest BCUT2D eigenvalue weighted by molar-refractivity contribution is 5.09. The molecule has 0 rings (SSSR count). The predicted molar refractivity (Wildman–Crippen MR) is 26.6 cm³/mol. The highest BCUT2D eigenvalue weighted by Gasteiger charge is 1.88. The summed E-state index contributed by atoms with van der Waals surface area (Å²) in [5, 5.41) is 8.25. The van der Waals surface area contributed by atoms with Gasteiger partial charge in [-0.15, -0.1) is 0 Å². The van der Waals surface area contributed by atoms with Crippen molar-refractivity contribution in [3.63, 3.8) is 0 Å². The third-order valence-corrected chi connectivity index (χ3v) is 0.525. The summed E-state index contributed by atoms with van der Waals surface area (Å²) < 4.78 is 11.8. The van der Waals surface area contributed by atoms with E-state index in [1.165, 1.54) is 6.92 Å². The third-order valence-electron chi connectivity index (χ3n) is 0.525. The largest absolute Gasteiger partial charge is 0.510 e. The van der Waals surface area contributed by atoms with Crippen molar-refractivity contribution in [3.8, 4) is 0 Å². The van der Waals surface area contributed by atoms with Crippen LogP contribution in [0.1, 0.15) is 6.92 Å². The minimum absolute atomic E-state index is 0.324. The minimum atomic E-state index is -0.667. The molecule has 0 spiro atoms. The van der Waals surface area contributed by atoms with Crippen molar-refractivity contribution < 1.29 is 9.50 Å². The molecule has 0 unspecified atom stereocenters. The summed E-state index contributed by atoms with van der Waals surface area (Å²) >= 11 is 0. The number of aliphatic hydroxyl groups excluding tert-OH is 1. The Morgan fingerprint density at radius 1 is 1.86 bits per heavy atom. The van der Waals surface area contributed by atoms with E-state index in [1.54, 1.807) is 0 Å². The van der Waals surface area contributed by atoms with Crippen LogP contribution in [-0.2, 0) is 0 Å². The lowest BCUT2D eigenvalue weighted by molar-refractivity contribution is 0.388. The number of allylic oxidation sites excluding steroid dienone is 3. The van der Waals surface area contributed by atoms with Crippen molar-refractivity contribution in [3.05, 3.63) is 24.2 Å². The van der Waals surface area contributed by atoms with Gasteiger partial charge in [-0.1, -0.05) is 6.58 Å². The molecule has 0 heterocycles. The maximum atomic E-state index is 11.8. The Labute approximate surface area is 41.8 Å². The van der Waals surface area contributed by atoms with Gasteiger partial charge in [-0.3, -0.25) is 0 Å². The van der Waals surface area contributed by atoms with Gasteiger partial charge in [-0.2, -0.15) is 0 Å². The van der Waals surface area contributed by atoms with Crippen molar-refractivity contribution in [1.82, 2.24) is 0 Å². The first kappa shape index (κ1) is 6.21. The molecule has 1 N–H and O–H groups in total. The van der Waals surface area contributed by atoms with Crippen LogP contribution >= 0.6 is 0 Å². The van der Waals surface area contributed by atoms with Gasteiger partial charge in [-0.25, -0.2) is 4.39 Å². The van der Waals surface area contributed by atoms with Crippen LogP contribution in [-0.4, -0.2) is 5.11 Å². The van der Waals surface area contributed by atoms with Gasteiger partial charge in [-0.05, 0) is 13.0 Å². The van der Waals surface area contributed by atoms with Gasteiger partial charge in [0, 0.05) is 0 Å². The normalized spacial score (nSPS) is 12.9. The van der Waals surface area contributed by atoms with E-state index in [0.717, 1.165) is 6.08 Å². The first-order valence-corrected chi connectivity index (χ1v) is 1.86. The zero-order valence-corrected chi connectivity index (χ0v) is 4.11. The van der Waals surface area contributed by atoms with Crippen molar-refractivity contribution >= 4 is 0 Å². The molecule has 0 amide bonds. The Kier molecular flexibility index (Phi) is 2.12. The smallest absolute Gasteiger partial charge is 0.159 e. The second-order valence-electron chi connectivity index (χ2n) is 1.14. The molecule has 0 aromatic rings. The van der Waals surface area contributed by atoms with Crippen molar-refractivity contribution in [2.45, 2.75) is 6.92 Å². The van der Waals surface area contributed by atoms with Crippen molar-refractivity contribution in [1.29, 1.82) is 0 Å². The van der Waals surface area contributed by atoms with Crippen LogP contribution in [0.4, 0.5) is 4.39 Å². The first-order chi connectivity index (χ1) is 3.18. The molecule has 40 valence electrons. The van der Waals surface area contributed by atoms with Gasteiger partial charge in [0.05, 0.1) is 0 Å². The lowest BCUT2D eigenvalue weighted by atomic mass is 10.4. The van der Waals surface area contributed by atoms with Crippen LogP contribution in [0.15, 0.2) is 24.2 Å².